The molecule has 1 amide bonds. The van der Waals surface area contributed by atoms with Crippen molar-refractivity contribution in [1.29, 1.82) is 0 Å². The quantitative estimate of drug-likeness (QED) is 0.543. The Morgan fingerprint density at radius 2 is 1.69 bits per heavy atom. The molecule has 0 radical (unpaired) electrons. The lowest BCUT2D eigenvalue weighted by Gasteiger charge is -2.32. The zero-order chi connectivity index (χ0) is 23.0. The first-order chi connectivity index (χ1) is 15.4. The van der Waals surface area contributed by atoms with E-state index in [-0.39, 0.29) is 17.3 Å². The number of carbonyl (C=O) groups excluding carboxylic acids is 1. The number of likely N-dealkylation sites (N-methyl/N-ethyl adjacent to an activating group) is 1. The van der Waals surface area contributed by atoms with Gasteiger partial charge < -0.3 is 19.9 Å². The Kier molecular flexibility index (Phi) is 8.49. The summed E-state index contributed by atoms with van der Waals surface area (Å²) in [6.45, 7) is 5.33. The van der Waals surface area contributed by atoms with E-state index < -0.39 is 10.0 Å². The van der Waals surface area contributed by atoms with Crippen LogP contribution in [0, 0.1) is 0 Å². The second kappa shape index (κ2) is 11.3. The molecule has 32 heavy (non-hydrogen) atoms. The zero-order valence-corrected chi connectivity index (χ0v) is 19.6. The van der Waals surface area contributed by atoms with Gasteiger partial charge in [0.2, 0.25) is 5.91 Å². The van der Waals surface area contributed by atoms with E-state index in [4.69, 9.17) is 4.74 Å². The van der Waals surface area contributed by atoms with Crippen molar-refractivity contribution >= 4 is 21.6 Å². The summed E-state index contributed by atoms with van der Waals surface area (Å²) in [6.07, 6.45) is 0.825. The second-order valence-electron chi connectivity index (χ2n) is 7.87. The van der Waals surface area contributed by atoms with Gasteiger partial charge in [0.25, 0.3) is 10.0 Å². The number of ether oxygens (including phenoxy) is 1. The molecule has 1 fully saturated rings. The topological polar surface area (TPSA) is 82.2 Å². The highest BCUT2D eigenvalue weighted by Crippen LogP contribution is 2.24. The molecule has 0 aliphatic carbocycles. The molecule has 3 rings (SSSR count). The van der Waals surface area contributed by atoms with Crippen molar-refractivity contribution in [2.24, 2.45) is 0 Å². The average molecular weight is 461 g/mol. The first kappa shape index (κ1) is 24.0. The van der Waals surface area contributed by atoms with Crippen LogP contribution in [0.2, 0.25) is 0 Å². The first-order valence-electron chi connectivity index (χ1n) is 10.8. The van der Waals surface area contributed by atoms with Crippen LogP contribution < -0.4 is 14.4 Å². The molecule has 0 spiro atoms. The maximum absolute atomic E-state index is 13.3. The van der Waals surface area contributed by atoms with E-state index >= 15 is 0 Å². The molecule has 0 bridgehead atoms. The number of hydrogen-bond acceptors (Lipinski definition) is 6. The number of benzene rings is 2. The summed E-state index contributed by atoms with van der Waals surface area (Å²) in [7, 11) is -0.280. The van der Waals surface area contributed by atoms with E-state index in [0.717, 1.165) is 43.4 Å². The number of para-hydroxylation sites is 1. The van der Waals surface area contributed by atoms with Crippen molar-refractivity contribution in [1.82, 2.24) is 15.1 Å². The molecular weight excluding hydrogens is 428 g/mol. The summed E-state index contributed by atoms with van der Waals surface area (Å²) in [5.41, 5.74) is 0.441. The Morgan fingerprint density at radius 1 is 1.03 bits per heavy atom. The van der Waals surface area contributed by atoms with Crippen molar-refractivity contribution in [3.63, 3.8) is 0 Å². The van der Waals surface area contributed by atoms with Crippen molar-refractivity contribution in [3.05, 3.63) is 54.6 Å². The van der Waals surface area contributed by atoms with Gasteiger partial charge in [-0.2, -0.15) is 0 Å². The van der Waals surface area contributed by atoms with Crippen molar-refractivity contribution in [2.45, 2.75) is 11.3 Å². The molecule has 2 aromatic carbocycles. The van der Waals surface area contributed by atoms with Gasteiger partial charge in [0.15, 0.2) is 0 Å². The zero-order valence-electron chi connectivity index (χ0n) is 18.7. The highest BCUT2D eigenvalue weighted by molar-refractivity contribution is 7.92. The monoisotopic (exact) mass is 460 g/mol. The third-order valence-corrected chi connectivity index (χ3v) is 7.34. The number of amides is 1. The molecule has 1 aliphatic rings. The van der Waals surface area contributed by atoms with Crippen molar-refractivity contribution in [3.8, 4) is 5.75 Å². The Labute approximate surface area is 190 Å². The van der Waals surface area contributed by atoms with Gasteiger partial charge in [-0.3, -0.25) is 9.10 Å². The normalized spacial score (nSPS) is 15.3. The minimum Gasteiger partial charge on any atom is -0.497 e. The lowest BCUT2D eigenvalue weighted by atomic mass is 10.3. The van der Waals surface area contributed by atoms with Crippen LogP contribution in [0.15, 0.2) is 59.5 Å². The summed E-state index contributed by atoms with van der Waals surface area (Å²) in [5, 5.41) is 2.87. The Hall–Kier alpha value is -2.62. The highest BCUT2D eigenvalue weighted by atomic mass is 32.2. The molecule has 0 aromatic heterocycles. The number of nitrogens with one attached hydrogen (secondary N) is 1. The van der Waals surface area contributed by atoms with Crippen LogP contribution in [0.3, 0.4) is 0 Å². The first-order valence-corrected chi connectivity index (χ1v) is 12.2. The Balaban J connectivity index is 1.62. The minimum atomic E-state index is -3.92. The summed E-state index contributed by atoms with van der Waals surface area (Å²) in [5.74, 6) is 0.234. The van der Waals surface area contributed by atoms with Gasteiger partial charge >= 0.3 is 0 Å². The van der Waals surface area contributed by atoms with E-state index in [1.54, 1.807) is 42.5 Å². The average Bonchev–Trinajstić information content (AvgIpc) is 2.82. The van der Waals surface area contributed by atoms with E-state index in [2.05, 4.69) is 22.2 Å². The van der Waals surface area contributed by atoms with Gasteiger partial charge in [0.1, 0.15) is 12.3 Å². The molecule has 0 saturated carbocycles. The number of piperazine rings is 1. The molecule has 8 nitrogen and oxygen atoms in total. The largest absolute Gasteiger partial charge is 0.497 e. The number of anilines is 1. The Bertz CT molecular complexity index is 959. The Morgan fingerprint density at radius 3 is 2.31 bits per heavy atom. The number of carbonyl (C=O) groups is 1. The summed E-state index contributed by atoms with van der Waals surface area (Å²) in [6, 6.07) is 14.8. The molecule has 174 valence electrons. The fourth-order valence-electron chi connectivity index (χ4n) is 3.57. The van der Waals surface area contributed by atoms with Gasteiger partial charge in [-0.25, -0.2) is 8.42 Å². The standard InChI is InChI=1S/C23H32N4O4S/c1-25-15-17-26(18-16-25)14-6-13-24-23(28)19-27(20-7-4-3-5-8-20)32(29,30)22-11-9-21(31-2)10-12-22/h3-5,7-12H,6,13-19H2,1-2H3,(H,24,28). The number of hydrogen-bond donors (Lipinski definition) is 1. The highest BCUT2D eigenvalue weighted by Gasteiger charge is 2.27. The van der Waals surface area contributed by atoms with Gasteiger partial charge in [-0.15, -0.1) is 0 Å². The van der Waals surface area contributed by atoms with Crippen molar-refractivity contribution < 1.29 is 17.9 Å². The summed E-state index contributed by atoms with van der Waals surface area (Å²) in [4.78, 5) is 17.4. The predicted octanol–water partition coefficient (Wildman–Crippen LogP) is 1.64. The van der Waals surface area contributed by atoms with E-state index in [1.807, 2.05) is 0 Å². The molecular formula is C23H32N4O4S. The molecule has 1 saturated heterocycles. The molecule has 9 heteroatoms. The van der Waals surface area contributed by atoms with E-state index in [0.29, 0.717) is 18.0 Å². The molecule has 1 heterocycles. The smallest absolute Gasteiger partial charge is 0.264 e. The molecule has 1 aliphatic heterocycles. The van der Waals surface area contributed by atoms with Crippen LogP contribution in [0.1, 0.15) is 6.42 Å². The third kappa shape index (κ3) is 6.44. The maximum atomic E-state index is 13.3. The molecule has 1 N–H and O–H groups in total. The molecule has 0 atom stereocenters. The molecule has 0 unspecified atom stereocenters. The van der Waals surface area contributed by atoms with Gasteiger partial charge in [0.05, 0.1) is 17.7 Å². The predicted molar refractivity (Wildman–Crippen MR) is 126 cm³/mol. The summed E-state index contributed by atoms with van der Waals surface area (Å²) >= 11 is 0. The van der Waals surface area contributed by atoms with Crippen molar-refractivity contribution in [2.75, 3.05) is 64.3 Å². The number of rotatable bonds is 10. The van der Waals surface area contributed by atoms with Crippen LogP contribution in [-0.4, -0.2) is 84.1 Å². The second-order valence-corrected chi connectivity index (χ2v) is 9.73. The third-order valence-electron chi connectivity index (χ3n) is 5.55. The van der Waals surface area contributed by atoms with Gasteiger partial charge in [-0.05, 0) is 56.4 Å². The number of nitrogens with zero attached hydrogens (tertiary/aromatic N) is 3. The lowest BCUT2D eigenvalue weighted by Crippen LogP contribution is -2.45. The van der Waals surface area contributed by atoms with Crippen LogP contribution >= 0.6 is 0 Å². The SMILES string of the molecule is COc1ccc(S(=O)(=O)N(CC(=O)NCCCN2CCN(C)CC2)c2ccccc2)cc1. The van der Waals surface area contributed by atoms with Crippen LogP contribution in [0.5, 0.6) is 5.75 Å². The maximum Gasteiger partial charge on any atom is 0.264 e. The van der Waals surface area contributed by atoms with E-state index in [9.17, 15) is 13.2 Å². The van der Waals surface area contributed by atoms with Gasteiger partial charge in [-0.1, -0.05) is 18.2 Å². The molecule has 2 aromatic rings. The van der Waals surface area contributed by atoms with E-state index in [1.165, 1.54) is 19.2 Å². The fourth-order valence-corrected chi connectivity index (χ4v) is 4.99. The van der Waals surface area contributed by atoms with Crippen LogP contribution in [0.4, 0.5) is 5.69 Å². The summed E-state index contributed by atoms with van der Waals surface area (Å²) < 4.78 is 32.9. The fraction of sp³-hybridized carbons (Fsp3) is 0.435. The van der Waals surface area contributed by atoms with Crippen LogP contribution in [-0.2, 0) is 14.8 Å². The van der Waals surface area contributed by atoms with Gasteiger partial charge in [0, 0.05) is 32.7 Å². The minimum absolute atomic E-state index is 0.102. The van der Waals surface area contributed by atoms with Crippen LogP contribution in [0.25, 0.3) is 0 Å². The lowest BCUT2D eigenvalue weighted by molar-refractivity contribution is -0.119. The number of sulfonamides is 1. The number of methoxy groups -OCH3 is 1.